The molecular formula is C25H32N2O6. The highest BCUT2D eigenvalue weighted by molar-refractivity contribution is 5.95. The Morgan fingerprint density at radius 2 is 1.79 bits per heavy atom. The number of benzene rings is 2. The van der Waals surface area contributed by atoms with Crippen LogP contribution in [0.2, 0.25) is 0 Å². The van der Waals surface area contributed by atoms with Crippen molar-refractivity contribution in [2.75, 3.05) is 65.4 Å². The zero-order valence-electron chi connectivity index (χ0n) is 19.3. The molecule has 0 aromatic heterocycles. The Morgan fingerprint density at radius 1 is 1.06 bits per heavy atom. The molecule has 1 heterocycles. The summed E-state index contributed by atoms with van der Waals surface area (Å²) in [7, 11) is 3.30. The van der Waals surface area contributed by atoms with E-state index >= 15 is 0 Å². The Hall–Kier alpha value is -3.07. The maximum atomic E-state index is 13.6. The van der Waals surface area contributed by atoms with Gasteiger partial charge in [-0.15, -0.1) is 0 Å². The number of para-hydroxylation sites is 1. The first-order valence-electron chi connectivity index (χ1n) is 10.9. The summed E-state index contributed by atoms with van der Waals surface area (Å²) in [6.45, 7) is 7.14. The maximum absolute atomic E-state index is 13.6. The van der Waals surface area contributed by atoms with E-state index < -0.39 is 0 Å². The smallest absolute Gasteiger partial charge is 0.241 e. The van der Waals surface area contributed by atoms with Crippen molar-refractivity contribution in [1.82, 2.24) is 4.90 Å². The van der Waals surface area contributed by atoms with Crippen LogP contribution in [0.4, 0.5) is 5.69 Å². The number of fused-ring (bicyclic) bond motifs is 1. The molecule has 1 aliphatic rings. The van der Waals surface area contributed by atoms with Gasteiger partial charge >= 0.3 is 0 Å². The number of hydrogen-bond acceptors (Lipinski definition) is 7. The predicted molar refractivity (Wildman–Crippen MR) is 126 cm³/mol. The number of rotatable bonds is 14. The molecule has 0 saturated carbocycles. The van der Waals surface area contributed by atoms with Crippen molar-refractivity contribution < 1.29 is 28.5 Å². The molecule has 2 aromatic rings. The maximum Gasteiger partial charge on any atom is 0.241 e. The lowest BCUT2D eigenvalue weighted by molar-refractivity contribution is -0.120. The highest BCUT2D eigenvalue weighted by atomic mass is 16.7. The van der Waals surface area contributed by atoms with Crippen molar-refractivity contribution in [1.29, 1.82) is 0 Å². The van der Waals surface area contributed by atoms with Crippen LogP contribution in [0.15, 0.2) is 55.1 Å². The van der Waals surface area contributed by atoms with Crippen LogP contribution in [0, 0.1) is 0 Å². The molecule has 0 atom stereocenters. The van der Waals surface area contributed by atoms with Gasteiger partial charge in [0.15, 0.2) is 11.5 Å². The lowest BCUT2D eigenvalue weighted by atomic mass is 10.1. The van der Waals surface area contributed by atoms with Crippen molar-refractivity contribution in [3.8, 4) is 17.2 Å². The summed E-state index contributed by atoms with van der Waals surface area (Å²) >= 11 is 0. The molecule has 8 heteroatoms. The number of hydrogen-bond donors (Lipinski definition) is 0. The average Bonchev–Trinajstić information content (AvgIpc) is 3.31. The van der Waals surface area contributed by atoms with Gasteiger partial charge in [-0.2, -0.15) is 0 Å². The quantitative estimate of drug-likeness (QED) is 0.405. The van der Waals surface area contributed by atoms with Crippen LogP contribution in [0.3, 0.4) is 0 Å². The Bertz CT molecular complexity index is 912. The second-order valence-corrected chi connectivity index (χ2v) is 7.49. The Morgan fingerprint density at radius 3 is 2.52 bits per heavy atom. The molecule has 0 aliphatic carbocycles. The van der Waals surface area contributed by atoms with Crippen molar-refractivity contribution >= 4 is 11.6 Å². The number of ether oxygens (including phenoxy) is 5. The van der Waals surface area contributed by atoms with E-state index in [1.165, 1.54) is 0 Å². The van der Waals surface area contributed by atoms with Gasteiger partial charge < -0.3 is 28.6 Å². The number of nitrogens with zero attached hydrogens (tertiary/aromatic N) is 2. The zero-order valence-corrected chi connectivity index (χ0v) is 19.3. The van der Waals surface area contributed by atoms with Crippen LogP contribution in [0.1, 0.15) is 5.56 Å². The molecular weight excluding hydrogens is 424 g/mol. The molecule has 3 rings (SSSR count). The second-order valence-electron chi connectivity index (χ2n) is 7.49. The lowest BCUT2D eigenvalue weighted by Gasteiger charge is -2.28. The first kappa shape index (κ1) is 24.6. The molecule has 0 bridgehead atoms. The second kappa shape index (κ2) is 12.8. The van der Waals surface area contributed by atoms with Crippen LogP contribution >= 0.6 is 0 Å². The summed E-state index contributed by atoms with van der Waals surface area (Å²) in [4.78, 5) is 17.3. The molecule has 0 unspecified atom stereocenters. The molecule has 0 N–H and O–H groups in total. The minimum Gasteiger partial charge on any atom is -0.489 e. The summed E-state index contributed by atoms with van der Waals surface area (Å²) in [5, 5.41) is 0. The minimum atomic E-state index is -0.0559. The van der Waals surface area contributed by atoms with Crippen LogP contribution < -0.4 is 19.1 Å². The Balaban J connectivity index is 1.87. The van der Waals surface area contributed by atoms with E-state index in [-0.39, 0.29) is 19.2 Å². The van der Waals surface area contributed by atoms with Crippen molar-refractivity contribution in [3.05, 3.63) is 60.7 Å². The van der Waals surface area contributed by atoms with E-state index in [4.69, 9.17) is 23.7 Å². The summed E-state index contributed by atoms with van der Waals surface area (Å²) in [5.41, 5.74) is 1.62. The molecule has 0 spiro atoms. The topological polar surface area (TPSA) is 69.7 Å². The lowest BCUT2D eigenvalue weighted by Crippen LogP contribution is -2.42. The van der Waals surface area contributed by atoms with Gasteiger partial charge in [0.25, 0.3) is 0 Å². The SMILES string of the molecule is C=CCOc1ccccc1CN(C(=O)CN(CCOC)CCOC)c1ccc2c(c1)OCO2. The minimum absolute atomic E-state index is 0.0559. The molecule has 2 aromatic carbocycles. The van der Waals surface area contributed by atoms with Crippen LogP contribution in [0.25, 0.3) is 0 Å². The van der Waals surface area contributed by atoms with E-state index in [0.29, 0.717) is 56.7 Å². The third-order valence-corrected chi connectivity index (χ3v) is 5.21. The summed E-state index contributed by atoms with van der Waals surface area (Å²) < 4.78 is 27.2. The molecule has 0 radical (unpaired) electrons. The van der Waals surface area contributed by atoms with Gasteiger partial charge in [0.05, 0.1) is 26.3 Å². The van der Waals surface area contributed by atoms with Crippen molar-refractivity contribution in [2.45, 2.75) is 6.54 Å². The van der Waals surface area contributed by atoms with Crippen LogP contribution in [-0.2, 0) is 20.8 Å². The number of carbonyl (C=O) groups excluding carboxylic acids is 1. The van der Waals surface area contributed by atoms with Gasteiger partial charge in [0.1, 0.15) is 12.4 Å². The molecule has 178 valence electrons. The van der Waals surface area contributed by atoms with Crippen molar-refractivity contribution in [3.63, 3.8) is 0 Å². The largest absolute Gasteiger partial charge is 0.489 e. The number of amides is 1. The zero-order chi connectivity index (χ0) is 23.5. The highest BCUT2D eigenvalue weighted by Crippen LogP contribution is 2.36. The Kier molecular flexibility index (Phi) is 9.56. The van der Waals surface area contributed by atoms with Crippen LogP contribution in [-0.4, -0.2) is 71.3 Å². The van der Waals surface area contributed by atoms with E-state index in [1.807, 2.05) is 47.4 Å². The Labute approximate surface area is 195 Å². The van der Waals surface area contributed by atoms with Gasteiger partial charge in [-0.05, 0) is 18.2 Å². The fourth-order valence-electron chi connectivity index (χ4n) is 3.46. The van der Waals surface area contributed by atoms with Gasteiger partial charge in [-0.25, -0.2) is 0 Å². The third-order valence-electron chi connectivity index (χ3n) is 5.21. The normalized spacial score (nSPS) is 12.1. The van der Waals surface area contributed by atoms with Gasteiger partial charge in [0.2, 0.25) is 12.7 Å². The van der Waals surface area contributed by atoms with E-state index in [9.17, 15) is 4.79 Å². The molecule has 1 amide bonds. The third kappa shape index (κ3) is 6.95. The number of anilines is 1. The monoisotopic (exact) mass is 456 g/mol. The molecule has 0 fully saturated rings. The van der Waals surface area contributed by atoms with E-state index in [0.717, 1.165) is 11.3 Å². The molecule has 1 aliphatic heterocycles. The van der Waals surface area contributed by atoms with E-state index in [2.05, 4.69) is 6.58 Å². The van der Waals surface area contributed by atoms with E-state index in [1.54, 1.807) is 25.2 Å². The average molecular weight is 457 g/mol. The number of carbonyl (C=O) groups is 1. The first-order valence-corrected chi connectivity index (χ1v) is 10.9. The fraction of sp³-hybridized carbons (Fsp3) is 0.400. The predicted octanol–water partition coefficient (Wildman–Crippen LogP) is 3.11. The van der Waals surface area contributed by atoms with Gasteiger partial charge in [-0.3, -0.25) is 9.69 Å². The van der Waals surface area contributed by atoms with Crippen LogP contribution in [0.5, 0.6) is 17.2 Å². The molecule has 8 nitrogen and oxygen atoms in total. The number of methoxy groups -OCH3 is 2. The summed E-state index contributed by atoms with van der Waals surface area (Å²) in [6.07, 6.45) is 1.70. The summed E-state index contributed by atoms with van der Waals surface area (Å²) in [6, 6.07) is 13.2. The summed E-state index contributed by atoms with van der Waals surface area (Å²) in [5.74, 6) is 1.95. The van der Waals surface area contributed by atoms with Crippen molar-refractivity contribution in [2.24, 2.45) is 0 Å². The fourth-order valence-corrected chi connectivity index (χ4v) is 3.46. The molecule has 33 heavy (non-hydrogen) atoms. The van der Waals surface area contributed by atoms with Gasteiger partial charge in [-0.1, -0.05) is 30.9 Å². The standard InChI is InChI=1S/C25H32N2O6/c1-4-13-31-22-8-6-5-7-20(22)17-27(21-9-10-23-24(16-21)33-19-32-23)25(28)18-26(11-14-29-2)12-15-30-3/h4-10,16H,1,11-15,17-19H2,2-3H3. The highest BCUT2D eigenvalue weighted by Gasteiger charge is 2.23. The first-order chi connectivity index (χ1) is 16.2. The molecule has 0 saturated heterocycles. The van der Waals surface area contributed by atoms with Gasteiger partial charge in [0, 0.05) is 44.6 Å².